The third-order valence-electron chi connectivity index (χ3n) is 3.65. The molecule has 0 radical (unpaired) electrons. The Morgan fingerprint density at radius 3 is 2.62 bits per heavy atom. The van der Waals surface area contributed by atoms with Crippen molar-refractivity contribution < 1.29 is 23.8 Å². The highest BCUT2D eigenvalue weighted by molar-refractivity contribution is 5.93. The summed E-state index contributed by atoms with van der Waals surface area (Å²) in [7, 11) is 0. The van der Waals surface area contributed by atoms with E-state index in [0.717, 1.165) is 0 Å². The first-order chi connectivity index (χ1) is 12.5. The van der Waals surface area contributed by atoms with Crippen molar-refractivity contribution >= 4 is 23.2 Å². The van der Waals surface area contributed by atoms with Gasteiger partial charge in [-0.3, -0.25) is 9.59 Å². The first kappa shape index (κ1) is 17.6. The standard InChI is InChI=1S/C19H20N2O5/c1-12(2)19(23)21-13-4-3-5-15(8-13)24-10-18(22)20-14-6-7-16-17(9-14)26-11-25-16/h3-9,12H,10-11H2,1-2H3,(H,20,22)(H,21,23). The maximum absolute atomic E-state index is 12.1. The molecule has 1 heterocycles. The zero-order valence-electron chi connectivity index (χ0n) is 14.6. The minimum Gasteiger partial charge on any atom is -0.484 e. The van der Waals surface area contributed by atoms with Crippen LogP contribution >= 0.6 is 0 Å². The average molecular weight is 356 g/mol. The summed E-state index contributed by atoms with van der Waals surface area (Å²) in [5, 5.41) is 5.52. The maximum atomic E-state index is 12.1. The summed E-state index contributed by atoms with van der Waals surface area (Å²) < 4.78 is 16.0. The third-order valence-corrected chi connectivity index (χ3v) is 3.65. The predicted octanol–water partition coefficient (Wildman–Crippen LogP) is 3.03. The van der Waals surface area contributed by atoms with E-state index in [1.165, 1.54) is 0 Å². The quantitative estimate of drug-likeness (QED) is 0.831. The fraction of sp³-hybridized carbons (Fsp3) is 0.263. The molecule has 2 N–H and O–H groups in total. The molecule has 0 unspecified atom stereocenters. The van der Waals surface area contributed by atoms with Crippen LogP contribution in [0.4, 0.5) is 11.4 Å². The molecule has 0 aromatic heterocycles. The lowest BCUT2D eigenvalue weighted by Gasteiger charge is -2.11. The zero-order valence-corrected chi connectivity index (χ0v) is 14.6. The Labute approximate surface area is 151 Å². The largest absolute Gasteiger partial charge is 0.484 e. The highest BCUT2D eigenvalue weighted by Crippen LogP contribution is 2.34. The zero-order chi connectivity index (χ0) is 18.5. The van der Waals surface area contributed by atoms with E-state index in [4.69, 9.17) is 14.2 Å². The summed E-state index contributed by atoms with van der Waals surface area (Å²) in [5.74, 6) is 1.24. The van der Waals surface area contributed by atoms with Gasteiger partial charge in [-0.05, 0) is 24.3 Å². The number of amides is 2. The van der Waals surface area contributed by atoms with Gasteiger partial charge in [0, 0.05) is 29.4 Å². The molecular formula is C19H20N2O5. The van der Waals surface area contributed by atoms with E-state index < -0.39 is 0 Å². The lowest BCUT2D eigenvalue weighted by atomic mass is 10.2. The summed E-state index contributed by atoms with van der Waals surface area (Å²) in [6, 6.07) is 12.1. The Bertz CT molecular complexity index is 819. The lowest BCUT2D eigenvalue weighted by Crippen LogP contribution is -2.20. The molecule has 3 rings (SSSR count). The third kappa shape index (κ3) is 4.44. The molecule has 136 valence electrons. The second-order valence-electron chi connectivity index (χ2n) is 6.08. The molecule has 0 fully saturated rings. The van der Waals surface area contributed by atoms with E-state index >= 15 is 0 Å². The van der Waals surface area contributed by atoms with Crippen LogP contribution in [0.5, 0.6) is 17.2 Å². The molecule has 1 aliphatic rings. The summed E-state index contributed by atoms with van der Waals surface area (Å²) in [6.45, 7) is 3.65. The van der Waals surface area contributed by atoms with E-state index in [1.54, 1.807) is 42.5 Å². The highest BCUT2D eigenvalue weighted by Gasteiger charge is 2.14. The molecule has 2 aromatic carbocycles. The van der Waals surface area contributed by atoms with Gasteiger partial charge < -0.3 is 24.8 Å². The van der Waals surface area contributed by atoms with E-state index in [1.807, 2.05) is 13.8 Å². The molecule has 7 nitrogen and oxygen atoms in total. The van der Waals surface area contributed by atoms with Crippen molar-refractivity contribution in [3.63, 3.8) is 0 Å². The van der Waals surface area contributed by atoms with Crippen LogP contribution in [0.15, 0.2) is 42.5 Å². The number of fused-ring (bicyclic) bond motifs is 1. The highest BCUT2D eigenvalue weighted by atomic mass is 16.7. The number of ether oxygens (including phenoxy) is 3. The van der Waals surface area contributed by atoms with Gasteiger partial charge in [-0.25, -0.2) is 0 Å². The molecule has 26 heavy (non-hydrogen) atoms. The number of hydrogen-bond donors (Lipinski definition) is 2. The Morgan fingerprint density at radius 1 is 1.04 bits per heavy atom. The van der Waals surface area contributed by atoms with Gasteiger partial charge in [0.1, 0.15) is 5.75 Å². The summed E-state index contributed by atoms with van der Waals surface area (Å²) in [6.07, 6.45) is 0. The summed E-state index contributed by atoms with van der Waals surface area (Å²) in [4.78, 5) is 23.8. The number of anilines is 2. The van der Waals surface area contributed by atoms with Gasteiger partial charge in [0.25, 0.3) is 5.91 Å². The number of hydrogen-bond acceptors (Lipinski definition) is 5. The van der Waals surface area contributed by atoms with Gasteiger partial charge in [0.05, 0.1) is 0 Å². The molecule has 0 spiro atoms. The molecule has 2 amide bonds. The van der Waals surface area contributed by atoms with Crippen LogP contribution in [0.2, 0.25) is 0 Å². The molecule has 7 heteroatoms. The second-order valence-corrected chi connectivity index (χ2v) is 6.08. The first-order valence-electron chi connectivity index (χ1n) is 8.24. The number of rotatable bonds is 6. The molecule has 0 bridgehead atoms. The van der Waals surface area contributed by atoms with Gasteiger partial charge in [0.2, 0.25) is 12.7 Å². The summed E-state index contributed by atoms with van der Waals surface area (Å²) >= 11 is 0. The van der Waals surface area contributed by atoms with Crippen LogP contribution in [0.25, 0.3) is 0 Å². The van der Waals surface area contributed by atoms with Gasteiger partial charge in [0.15, 0.2) is 18.1 Å². The normalized spacial score (nSPS) is 12.0. The SMILES string of the molecule is CC(C)C(=O)Nc1cccc(OCC(=O)Nc2ccc3c(c2)OCO3)c1. The number of carbonyl (C=O) groups is 2. The van der Waals surface area contributed by atoms with Crippen LogP contribution in [0, 0.1) is 5.92 Å². The van der Waals surface area contributed by atoms with Crippen molar-refractivity contribution in [1.29, 1.82) is 0 Å². The van der Waals surface area contributed by atoms with Gasteiger partial charge in [-0.1, -0.05) is 19.9 Å². The second kappa shape index (κ2) is 7.77. The molecule has 1 aliphatic heterocycles. The van der Waals surface area contributed by atoms with Crippen molar-refractivity contribution in [1.82, 2.24) is 0 Å². The van der Waals surface area contributed by atoms with Crippen molar-refractivity contribution in [2.45, 2.75) is 13.8 Å². The fourth-order valence-electron chi connectivity index (χ4n) is 2.27. The Kier molecular flexibility index (Phi) is 5.26. The molecular weight excluding hydrogens is 336 g/mol. The molecule has 0 aliphatic carbocycles. The maximum Gasteiger partial charge on any atom is 0.262 e. The number of nitrogens with one attached hydrogen (secondary N) is 2. The molecule has 0 saturated heterocycles. The Hall–Kier alpha value is -3.22. The van der Waals surface area contributed by atoms with Gasteiger partial charge >= 0.3 is 0 Å². The smallest absolute Gasteiger partial charge is 0.262 e. The first-order valence-corrected chi connectivity index (χ1v) is 8.24. The Morgan fingerprint density at radius 2 is 1.81 bits per heavy atom. The van der Waals surface area contributed by atoms with Gasteiger partial charge in [-0.2, -0.15) is 0 Å². The minimum absolute atomic E-state index is 0.0808. The van der Waals surface area contributed by atoms with Crippen molar-refractivity contribution in [2.24, 2.45) is 5.92 Å². The van der Waals surface area contributed by atoms with Crippen molar-refractivity contribution in [2.75, 3.05) is 24.0 Å². The van der Waals surface area contributed by atoms with Crippen LogP contribution in [0.3, 0.4) is 0 Å². The van der Waals surface area contributed by atoms with Gasteiger partial charge in [-0.15, -0.1) is 0 Å². The molecule has 0 saturated carbocycles. The molecule has 0 atom stereocenters. The topological polar surface area (TPSA) is 85.9 Å². The monoisotopic (exact) mass is 356 g/mol. The Balaban J connectivity index is 1.53. The van der Waals surface area contributed by atoms with E-state index in [9.17, 15) is 9.59 Å². The average Bonchev–Trinajstić information content (AvgIpc) is 3.08. The lowest BCUT2D eigenvalue weighted by molar-refractivity contribution is -0.119. The molecule has 2 aromatic rings. The summed E-state index contributed by atoms with van der Waals surface area (Å²) in [5.41, 5.74) is 1.22. The van der Waals surface area contributed by atoms with E-state index in [0.29, 0.717) is 28.6 Å². The van der Waals surface area contributed by atoms with E-state index in [2.05, 4.69) is 10.6 Å². The number of carbonyl (C=O) groups excluding carboxylic acids is 2. The van der Waals surface area contributed by atoms with Crippen LogP contribution in [-0.2, 0) is 9.59 Å². The van der Waals surface area contributed by atoms with Crippen LogP contribution < -0.4 is 24.8 Å². The minimum atomic E-state index is -0.305. The van der Waals surface area contributed by atoms with Crippen LogP contribution in [0.1, 0.15) is 13.8 Å². The number of benzene rings is 2. The van der Waals surface area contributed by atoms with Crippen molar-refractivity contribution in [3.8, 4) is 17.2 Å². The van der Waals surface area contributed by atoms with E-state index in [-0.39, 0.29) is 31.1 Å². The van der Waals surface area contributed by atoms with Crippen LogP contribution in [-0.4, -0.2) is 25.2 Å². The predicted molar refractivity (Wildman–Crippen MR) is 96.6 cm³/mol. The fourth-order valence-corrected chi connectivity index (χ4v) is 2.27. The van der Waals surface area contributed by atoms with Crippen molar-refractivity contribution in [3.05, 3.63) is 42.5 Å².